The number of anilines is 1. The van der Waals surface area contributed by atoms with Gasteiger partial charge in [0, 0.05) is 22.4 Å². The molecule has 1 heterocycles. The van der Waals surface area contributed by atoms with E-state index in [-0.39, 0.29) is 36.5 Å². The maximum atomic E-state index is 12.3. The number of hydrogen-bond donors (Lipinski definition) is 2. The van der Waals surface area contributed by atoms with Crippen LogP contribution in [0, 0.1) is 0 Å². The van der Waals surface area contributed by atoms with E-state index in [9.17, 15) is 9.59 Å². The third-order valence-electron chi connectivity index (χ3n) is 4.08. The standard InChI is InChI=1S/C17H18BrN3O2.ClH/c18-12-4-7-17(23)21(9-12)10-16(22)20-15-3-1-2-11-8-13(19)5-6-14(11)15;/h4-9,15H,1-3,10,19H2,(H,20,22);1H. The molecule has 5 nitrogen and oxygen atoms in total. The molecule has 24 heavy (non-hydrogen) atoms. The van der Waals surface area contributed by atoms with Crippen LogP contribution in [-0.4, -0.2) is 10.5 Å². The van der Waals surface area contributed by atoms with E-state index in [1.54, 1.807) is 12.3 Å². The molecule has 1 amide bonds. The Kier molecular flexibility index (Phi) is 6.07. The summed E-state index contributed by atoms with van der Waals surface area (Å²) in [4.78, 5) is 24.1. The van der Waals surface area contributed by atoms with E-state index in [4.69, 9.17) is 5.73 Å². The van der Waals surface area contributed by atoms with E-state index < -0.39 is 0 Å². The molecule has 0 radical (unpaired) electrons. The van der Waals surface area contributed by atoms with Gasteiger partial charge in [-0.05, 0) is 64.5 Å². The Morgan fingerprint density at radius 1 is 1.33 bits per heavy atom. The molecule has 1 aromatic heterocycles. The highest BCUT2D eigenvalue weighted by molar-refractivity contribution is 9.10. The number of benzene rings is 1. The van der Waals surface area contributed by atoms with E-state index in [0.29, 0.717) is 0 Å². The van der Waals surface area contributed by atoms with Gasteiger partial charge in [-0.1, -0.05) is 6.07 Å². The molecule has 3 rings (SSSR count). The monoisotopic (exact) mass is 411 g/mol. The zero-order chi connectivity index (χ0) is 16.4. The molecule has 1 atom stereocenters. The normalized spacial score (nSPS) is 16.0. The van der Waals surface area contributed by atoms with Gasteiger partial charge in [0.2, 0.25) is 5.91 Å². The van der Waals surface area contributed by atoms with Crippen molar-refractivity contribution < 1.29 is 4.79 Å². The van der Waals surface area contributed by atoms with E-state index >= 15 is 0 Å². The quantitative estimate of drug-likeness (QED) is 0.761. The van der Waals surface area contributed by atoms with Gasteiger partial charge in [0.05, 0.1) is 6.04 Å². The van der Waals surface area contributed by atoms with Crippen LogP contribution in [0.25, 0.3) is 0 Å². The zero-order valence-corrected chi connectivity index (χ0v) is 15.4. The highest BCUT2D eigenvalue weighted by atomic mass is 79.9. The fourth-order valence-corrected chi connectivity index (χ4v) is 3.38. The summed E-state index contributed by atoms with van der Waals surface area (Å²) < 4.78 is 2.16. The SMILES string of the molecule is Cl.Nc1ccc2c(c1)CCCC2NC(=O)Cn1cc(Br)ccc1=O. The largest absolute Gasteiger partial charge is 0.399 e. The van der Waals surface area contributed by atoms with Crippen LogP contribution in [0.2, 0.25) is 0 Å². The van der Waals surface area contributed by atoms with Gasteiger partial charge in [0.15, 0.2) is 0 Å². The molecule has 0 bridgehead atoms. The summed E-state index contributed by atoms with van der Waals surface area (Å²) in [7, 11) is 0. The van der Waals surface area contributed by atoms with Gasteiger partial charge in [-0.2, -0.15) is 0 Å². The number of nitrogens with two attached hydrogens (primary N) is 1. The number of nitrogen functional groups attached to an aromatic ring is 1. The number of pyridine rings is 1. The number of aryl methyl sites for hydroxylation is 1. The van der Waals surface area contributed by atoms with Crippen molar-refractivity contribution in [2.24, 2.45) is 0 Å². The molecular weight excluding hydrogens is 394 g/mol. The second-order valence-electron chi connectivity index (χ2n) is 5.78. The van der Waals surface area contributed by atoms with Crippen molar-refractivity contribution in [1.29, 1.82) is 0 Å². The molecule has 7 heteroatoms. The van der Waals surface area contributed by atoms with Crippen molar-refractivity contribution in [3.05, 3.63) is 62.5 Å². The second-order valence-corrected chi connectivity index (χ2v) is 6.70. The summed E-state index contributed by atoms with van der Waals surface area (Å²) in [6, 6.07) is 8.91. The lowest BCUT2D eigenvalue weighted by atomic mass is 9.87. The molecule has 0 saturated heterocycles. The number of carbonyl (C=O) groups excluding carboxylic acids is 1. The third-order valence-corrected chi connectivity index (χ3v) is 4.55. The van der Waals surface area contributed by atoms with Crippen LogP contribution >= 0.6 is 28.3 Å². The molecule has 0 aliphatic heterocycles. The van der Waals surface area contributed by atoms with Crippen LogP contribution in [-0.2, 0) is 17.8 Å². The van der Waals surface area contributed by atoms with Crippen molar-refractivity contribution in [3.8, 4) is 0 Å². The van der Waals surface area contributed by atoms with Crippen molar-refractivity contribution >= 4 is 39.9 Å². The fraction of sp³-hybridized carbons (Fsp3) is 0.294. The minimum atomic E-state index is -0.194. The minimum Gasteiger partial charge on any atom is -0.399 e. The maximum absolute atomic E-state index is 12.3. The molecule has 1 aliphatic carbocycles. The van der Waals surface area contributed by atoms with Gasteiger partial charge in [0.1, 0.15) is 6.54 Å². The first-order valence-electron chi connectivity index (χ1n) is 7.56. The summed E-state index contributed by atoms with van der Waals surface area (Å²) in [5.74, 6) is -0.167. The number of rotatable bonds is 3. The lowest BCUT2D eigenvalue weighted by Crippen LogP contribution is -2.35. The Bertz CT molecular complexity index is 807. The van der Waals surface area contributed by atoms with Gasteiger partial charge in [-0.15, -0.1) is 12.4 Å². The number of nitrogens with one attached hydrogen (secondary N) is 1. The van der Waals surface area contributed by atoms with E-state index in [1.807, 2.05) is 18.2 Å². The topological polar surface area (TPSA) is 77.1 Å². The smallest absolute Gasteiger partial charge is 0.251 e. The lowest BCUT2D eigenvalue weighted by Gasteiger charge is -2.26. The summed E-state index contributed by atoms with van der Waals surface area (Å²) in [6.07, 6.45) is 4.52. The summed E-state index contributed by atoms with van der Waals surface area (Å²) in [5.41, 5.74) is 8.70. The van der Waals surface area contributed by atoms with E-state index in [2.05, 4.69) is 21.2 Å². The Hall–Kier alpha value is -1.79. The Morgan fingerprint density at radius 2 is 2.12 bits per heavy atom. The molecule has 0 spiro atoms. The molecule has 1 aliphatic rings. The Morgan fingerprint density at radius 3 is 2.92 bits per heavy atom. The van der Waals surface area contributed by atoms with Crippen LogP contribution in [0.1, 0.15) is 30.0 Å². The number of carbonyl (C=O) groups is 1. The molecular formula is C17H19BrClN3O2. The van der Waals surface area contributed by atoms with Crippen LogP contribution < -0.4 is 16.6 Å². The van der Waals surface area contributed by atoms with Crippen LogP contribution in [0.3, 0.4) is 0 Å². The van der Waals surface area contributed by atoms with Crippen molar-refractivity contribution in [1.82, 2.24) is 9.88 Å². The molecule has 3 N–H and O–H groups in total. The van der Waals surface area contributed by atoms with Gasteiger partial charge in [0.25, 0.3) is 5.56 Å². The summed E-state index contributed by atoms with van der Waals surface area (Å²) >= 11 is 3.31. The second kappa shape index (κ2) is 7.85. The number of hydrogen-bond acceptors (Lipinski definition) is 3. The first kappa shape index (κ1) is 18.5. The molecule has 2 aromatic rings. The molecule has 128 valence electrons. The number of amides is 1. The van der Waals surface area contributed by atoms with Crippen LogP contribution in [0.15, 0.2) is 45.8 Å². The van der Waals surface area contributed by atoms with Gasteiger partial charge >= 0.3 is 0 Å². The van der Waals surface area contributed by atoms with Crippen molar-refractivity contribution in [2.75, 3.05) is 5.73 Å². The number of aromatic nitrogens is 1. The molecule has 0 fully saturated rings. The Balaban J connectivity index is 0.00000208. The summed E-state index contributed by atoms with van der Waals surface area (Å²) in [5, 5.41) is 3.03. The van der Waals surface area contributed by atoms with E-state index in [0.717, 1.165) is 35.0 Å². The van der Waals surface area contributed by atoms with Crippen molar-refractivity contribution in [2.45, 2.75) is 31.8 Å². The van der Waals surface area contributed by atoms with Crippen molar-refractivity contribution in [3.63, 3.8) is 0 Å². The molecule has 1 aromatic carbocycles. The highest BCUT2D eigenvalue weighted by Gasteiger charge is 2.22. The van der Waals surface area contributed by atoms with E-state index in [1.165, 1.54) is 16.2 Å². The Labute approximate surface area is 154 Å². The maximum Gasteiger partial charge on any atom is 0.251 e. The number of fused-ring (bicyclic) bond motifs is 1. The minimum absolute atomic E-state index is 0. The first-order valence-corrected chi connectivity index (χ1v) is 8.36. The predicted molar refractivity (Wildman–Crippen MR) is 100 cm³/mol. The van der Waals surface area contributed by atoms with Crippen LogP contribution in [0.5, 0.6) is 0 Å². The van der Waals surface area contributed by atoms with Gasteiger partial charge in [-0.25, -0.2) is 0 Å². The zero-order valence-electron chi connectivity index (χ0n) is 13.0. The first-order chi connectivity index (χ1) is 11.0. The average molecular weight is 413 g/mol. The van der Waals surface area contributed by atoms with Crippen LogP contribution in [0.4, 0.5) is 5.69 Å². The average Bonchev–Trinajstić information content (AvgIpc) is 2.51. The molecule has 0 saturated carbocycles. The highest BCUT2D eigenvalue weighted by Crippen LogP contribution is 2.30. The number of halogens is 2. The van der Waals surface area contributed by atoms with Gasteiger partial charge < -0.3 is 15.6 Å². The summed E-state index contributed by atoms with van der Waals surface area (Å²) in [6.45, 7) is 0.0130. The molecule has 1 unspecified atom stereocenters. The van der Waals surface area contributed by atoms with Gasteiger partial charge in [-0.3, -0.25) is 9.59 Å². The fourth-order valence-electron chi connectivity index (χ4n) is 3.00. The third kappa shape index (κ3) is 4.19. The lowest BCUT2D eigenvalue weighted by molar-refractivity contribution is -0.122. The predicted octanol–water partition coefficient (Wildman–Crippen LogP) is 2.81. The number of nitrogens with zero attached hydrogens (tertiary/aromatic N) is 1.